The van der Waals surface area contributed by atoms with Crippen LogP contribution in [0.4, 0.5) is 5.69 Å². The minimum Gasteiger partial charge on any atom is -0.325 e. The fraction of sp³-hybridized carbons (Fsp3) is 0.286. The minimum absolute atomic E-state index is 0.0491. The molecular weight excluding hydrogens is 370 g/mol. The number of thioether (sulfide) groups is 1. The van der Waals surface area contributed by atoms with Crippen LogP contribution >= 0.6 is 11.8 Å². The molecule has 144 valence electrons. The zero-order valence-electron chi connectivity index (χ0n) is 15.9. The number of nitrogens with zero attached hydrogens (tertiary/aromatic N) is 3. The van der Waals surface area contributed by atoms with Crippen molar-refractivity contribution in [2.75, 3.05) is 10.7 Å². The van der Waals surface area contributed by atoms with Gasteiger partial charge in [-0.05, 0) is 30.5 Å². The first-order valence-electron chi connectivity index (χ1n) is 9.46. The monoisotopic (exact) mass is 393 g/mol. The molecule has 1 aliphatic rings. The number of nitrogens with one attached hydrogen (secondary N) is 2. The van der Waals surface area contributed by atoms with Crippen molar-refractivity contribution in [3.8, 4) is 0 Å². The van der Waals surface area contributed by atoms with E-state index >= 15 is 0 Å². The van der Waals surface area contributed by atoms with Gasteiger partial charge in [-0.2, -0.15) is 0 Å². The largest absolute Gasteiger partial charge is 0.325 e. The molecular formula is C21H23N5OS. The molecule has 7 heteroatoms. The molecule has 0 radical (unpaired) electrons. The molecule has 0 saturated heterocycles. The fourth-order valence-corrected chi connectivity index (χ4v) is 4.41. The zero-order valence-corrected chi connectivity index (χ0v) is 16.7. The molecule has 1 amide bonds. The van der Waals surface area contributed by atoms with Crippen LogP contribution in [-0.2, 0) is 11.2 Å². The smallest absolute Gasteiger partial charge is 0.240 e. The SMILES string of the molecule is CCCc1nnc2n1N[C@H](c1ccccc1)[C@@H](C(=O)Nc1ccccc1C)S2. The number of carbonyl (C=O) groups excluding carboxylic acids is 1. The summed E-state index contributed by atoms with van der Waals surface area (Å²) in [5.74, 6) is 0.843. The first kappa shape index (κ1) is 18.6. The lowest BCUT2D eigenvalue weighted by molar-refractivity contribution is -0.116. The number of carbonyl (C=O) groups is 1. The highest BCUT2D eigenvalue weighted by molar-refractivity contribution is 8.00. The van der Waals surface area contributed by atoms with Crippen LogP contribution in [0.3, 0.4) is 0 Å². The number of fused-ring (bicyclic) bond motifs is 1. The highest BCUT2D eigenvalue weighted by Gasteiger charge is 2.37. The summed E-state index contributed by atoms with van der Waals surface area (Å²) in [6, 6.07) is 17.7. The molecule has 4 rings (SSSR count). The van der Waals surface area contributed by atoms with Gasteiger partial charge in [0.05, 0.1) is 6.04 Å². The van der Waals surface area contributed by atoms with Crippen molar-refractivity contribution in [3.05, 3.63) is 71.5 Å². The van der Waals surface area contributed by atoms with Crippen molar-refractivity contribution in [3.63, 3.8) is 0 Å². The van der Waals surface area contributed by atoms with E-state index in [1.54, 1.807) is 0 Å². The summed E-state index contributed by atoms with van der Waals surface area (Å²) >= 11 is 1.45. The van der Waals surface area contributed by atoms with Crippen LogP contribution in [-0.4, -0.2) is 26.0 Å². The van der Waals surface area contributed by atoms with E-state index in [-0.39, 0.29) is 17.2 Å². The Kier molecular flexibility index (Phi) is 5.34. The van der Waals surface area contributed by atoms with Crippen molar-refractivity contribution in [1.29, 1.82) is 0 Å². The summed E-state index contributed by atoms with van der Waals surface area (Å²) in [4.78, 5) is 13.2. The molecule has 0 bridgehead atoms. The number of hydrogen-bond acceptors (Lipinski definition) is 5. The average molecular weight is 394 g/mol. The molecule has 28 heavy (non-hydrogen) atoms. The number of rotatable bonds is 5. The Morgan fingerprint density at radius 1 is 1.14 bits per heavy atom. The van der Waals surface area contributed by atoms with Gasteiger partial charge in [0.15, 0.2) is 5.82 Å². The van der Waals surface area contributed by atoms with E-state index in [0.29, 0.717) is 0 Å². The lowest BCUT2D eigenvalue weighted by Gasteiger charge is -2.33. The Bertz CT molecular complexity index is 972. The minimum atomic E-state index is -0.367. The maximum absolute atomic E-state index is 13.2. The van der Waals surface area contributed by atoms with Gasteiger partial charge >= 0.3 is 0 Å². The van der Waals surface area contributed by atoms with Gasteiger partial charge in [-0.15, -0.1) is 10.2 Å². The van der Waals surface area contributed by atoms with Gasteiger partial charge in [-0.3, -0.25) is 4.79 Å². The number of hydrogen-bond donors (Lipinski definition) is 2. The van der Waals surface area contributed by atoms with Gasteiger partial charge in [0, 0.05) is 12.1 Å². The van der Waals surface area contributed by atoms with E-state index in [0.717, 1.165) is 40.6 Å². The van der Waals surface area contributed by atoms with Crippen LogP contribution in [0.25, 0.3) is 0 Å². The number of aromatic nitrogens is 3. The molecule has 0 spiro atoms. The molecule has 2 atom stereocenters. The van der Waals surface area contributed by atoms with Crippen molar-refractivity contribution in [2.45, 2.75) is 43.1 Å². The Morgan fingerprint density at radius 3 is 2.64 bits per heavy atom. The maximum Gasteiger partial charge on any atom is 0.240 e. The van der Waals surface area contributed by atoms with Crippen molar-refractivity contribution < 1.29 is 4.79 Å². The fourth-order valence-electron chi connectivity index (χ4n) is 3.31. The second kappa shape index (κ2) is 8.06. The molecule has 0 aliphatic carbocycles. The van der Waals surface area contributed by atoms with E-state index in [1.807, 2.05) is 66.2 Å². The summed E-state index contributed by atoms with van der Waals surface area (Å²) in [5.41, 5.74) is 6.41. The normalized spacial score (nSPS) is 18.2. The Morgan fingerprint density at radius 2 is 1.89 bits per heavy atom. The average Bonchev–Trinajstić information content (AvgIpc) is 3.11. The third-order valence-electron chi connectivity index (χ3n) is 4.80. The number of para-hydroxylation sites is 1. The number of benzene rings is 2. The van der Waals surface area contributed by atoms with Crippen LogP contribution in [0.2, 0.25) is 0 Å². The topological polar surface area (TPSA) is 71.8 Å². The molecule has 2 N–H and O–H groups in total. The maximum atomic E-state index is 13.2. The summed E-state index contributed by atoms with van der Waals surface area (Å²) in [7, 11) is 0. The second-order valence-corrected chi connectivity index (χ2v) is 7.95. The first-order valence-corrected chi connectivity index (χ1v) is 10.3. The molecule has 2 aromatic carbocycles. The number of amides is 1. The van der Waals surface area contributed by atoms with Crippen molar-refractivity contribution >= 4 is 23.4 Å². The standard InChI is InChI=1S/C21H23N5OS/c1-3-9-17-23-24-21-26(17)25-18(15-11-5-4-6-12-15)19(28-21)20(27)22-16-13-8-7-10-14(16)2/h4-8,10-13,18-19,25H,3,9H2,1-2H3,(H,22,27)/t18-,19+/m1/s1. The quantitative estimate of drug-likeness (QED) is 0.687. The van der Waals surface area contributed by atoms with Gasteiger partial charge < -0.3 is 10.7 Å². The Balaban J connectivity index is 1.67. The zero-order chi connectivity index (χ0) is 19.5. The second-order valence-electron chi connectivity index (χ2n) is 6.84. The van der Waals surface area contributed by atoms with Crippen LogP contribution < -0.4 is 10.7 Å². The highest BCUT2D eigenvalue weighted by atomic mass is 32.2. The predicted molar refractivity (Wildman–Crippen MR) is 112 cm³/mol. The van der Waals surface area contributed by atoms with Gasteiger partial charge in [-0.25, -0.2) is 4.68 Å². The molecule has 0 saturated carbocycles. The first-order chi connectivity index (χ1) is 13.7. The lowest BCUT2D eigenvalue weighted by atomic mass is 10.0. The van der Waals surface area contributed by atoms with Gasteiger partial charge in [0.25, 0.3) is 0 Å². The van der Waals surface area contributed by atoms with Crippen LogP contribution in [0.1, 0.15) is 36.3 Å². The van der Waals surface area contributed by atoms with E-state index in [9.17, 15) is 4.79 Å². The van der Waals surface area contributed by atoms with Gasteiger partial charge in [0.2, 0.25) is 11.1 Å². The Hall–Kier alpha value is -2.80. The number of anilines is 1. The lowest BCUT2D eigenvalue weighted by Crippen LogP contribution is -2.41. The van der Waals surface area contributed by atoms with Crippen LogP contribution in [0, 0.1) is 6.92 Å². The molecule has 2 heterocycles. The van der Waals surface area contributed by atoms with Crippen LogP contribution in [0.5, 0.6) is 0 Å². The van der Waals surface area contributed by atoms with E-state index < -0.39 is 0 Å². The number of aryl methyl sites for hydroxylation is 2. The Labute approximate surface area is 168 Å². The molecule has 6 nitrogen and oxygen atoms in total. The summed E-state index contributed by atoms with van der Waals surface area (Å²) in [6.45, 7) is 4.11. The third-order valence-corrected chi connectivity index (χ3v) is 6.01. The van der Waals surface area contributed by atoms with E-state index in [1.165, 1.54) is 11.8 Å². The molecule has 1 aromatic heterocycles. The van der Waals surface area contributed by atoms with E-state index in [2.05, 4.69) is 27.9 Å². The predicted octanol–water partition coefficient (Wildman–Crippen LogP) is 3.94. The van der Waals surface area contributed by atoms with Crippen LogP contribution in [0.15, 0.2) is 59.8 Å². The highest BCUT2D eigenvalue weighted by Crippen LogP contribution is 2.37. The van der Waals surface area contributed by atoms with E-state index in [4.69, 9.17) is 0 Å². The summed E-state index contributed by atoms with van der Waals surface area (Å²) in [6.07, 6.45) is 1.82. The van der Waals surface area contributed by atoms with Crippen molar-refractivity contribution in [1.82, 2.24) is 14.9 Å². The van der Waals surface area contributed by atoms with Gasteiger partial charge in [-0.1, -0.05) is 67.2 Å². The van der Waals surface area contributed by atoms with Gasteiger partial charge in [0.1, 0.15) is 5.25 Å². The molecule has 3 aromatic rings. The molecule has 1 aliphatic heterocycles. The summed E-state index contributed by atoms with van der Waals surface area (Å²) < 4.78 is 1.93. The molecule has 0 fully saturated rings. The summed E-state index contributed by atoms with van der Waals surface area (Å²) in [5, 5.41) is 12.0. The third kappa shape index (κ3) is 3.62. The molecule has 0 unspecified atom stereocenters. The van der Waals surface area contributed by atoms with Crippen molar-refractivity contribution in [2.24, 2.45) is 0 Å².